The zero-order chi connectivity index (χ0) is 12.1. The molecule has 0 spiro atoms. The van der Waals surface area contributed by atoms with E-state index in [9.17, 15) is 0 Å². The molecule has 16 heavy (non-hydrogen) atoms. The summed E-state index contributed by atoms with van der Waals surface area (Å²) in [6.07, 6.45) is 0. The summed E-state index contributed by atoms with van der Waals surface area (Å²) in [6, 6.07) is 5.90. The lowest BCUT2D eigenvalue weighted by Crippen LogP contribution is -2.32. The quantitative estimate of drug-likeness (QED) is 0.806. The first-order valence-electron chi connectivity index (χ1n) is 5.27. The topological polar surface area (TPSA) is 38.5 Å². The molecule has 1 atom stereocenters. The van der Waals surface area contributed by atoms with E-state index >= 15 is 0 Å². The minimum atomic E-state index is 0.350. The van der Waals surface area contributed by atoms with Gasteiger partial charge in [-0.1, -0.05) is 11.6 Å². The Kier molecular flexibility index (Phi) is 5.06. The van der Waals surface area contributed by atoms with Crippen molar-refractivity contribution in [1.29, 1.82) is 0 Å². The molecule has 0 saturated carbocycles. The fourth-order valence-electron chi connectivity index (χ4n) is 1.50. The Morgan fingerprint density at radius 2 is 2.19 bits per heavy atom. The summed E-state index contributed by atoms with van der Waals surface area (Å²) in [5, 5.41) is 0.719. The van der Waals surface area contributed by atoms with Gasteiger partial charge in [0.05, 0.1) is 6.61 Å². The Balaban J connectivity index is 2.68. The molecule has 0 saturated heterocycles. The number of nitrogens with two attached hydrogens (primary N) is 1. The van der Waals surface area contributed by atoms with Gasteiger partial charge in [-0.2, -0.15) is 0 Å². The summed E-state index contributed by atoms with van der Waals surface area (Å²) in [4.78, 5) is 2.19. The highest BCUT2D eigenvalue weighted by molar-refractivity contribution is 6.30. The minimum Gasteiger partial charge on any atom is -0.398 e. The van der Waals surface area contributed by atoms with E-state index in [-0.39, 0.29) is 0 Å². The van der Waals surface area contributed by atoms with Crippen molar-refractivity contribution in [3.05, 3.63) is 28.8 Å². The minimum absolute atomic E-state index is 0.350. The third kappa shape index (κ3) is 3.67. The van der Waals surface area contributed by atoms with Crippen LogP contribution in [0, 0.1) is 0 Å². The molecule has 1 unspecified atom stereocenters. The standard InChI is InChI=1S/C12H19ClN2O/c1-9(8-16-3)15(2)7-10-6-11(13)4-5-12(10)14/h4-6,9H,7-8,14H2,1-3H3. The molecular formula is C12H19ClN2O. The smallest absolute Gasteiger partial charge is 0.0615 e. The summed E-state index contributed by atoms with van der Waals surface area (Å²) in [7, 11) is 3.75. The largest absolute Gasteiger partial charge is 0.398 e. The molecule has 0 bridgehead atoms. The highest BCUT2D eigenvalue weighted by atomic mass is 35.5. The Labute approximate surface area is 102 Å². The van der Waals surface area contributed by atoms with E-state index in [1.54, 1.807) is 13.2 Å². The van der Waals surface area contributed by atoms with Crippen LogP contribution in [-0.4, -0.2) is 31.7 Å². The van der Waals surface area contributed by atoms with E-state index in [4.69, 9.17) is 22.1 Å². The van der Waals surface area contributed by atoms with Gasteiger partial charge in [0.15, 0.2) is 0 Å². The normalized spacial score (nSPS) is 13.1. The molecule has 1 aromatic rings. The van der Waals surface area contributed by atoms with E-state index < -0.39 is 0 Å². The van der Waals surface area contributed by atoms with Crippen molar-refractivity contribution in [3.8, 4) is 0 Å². The molecular weight excluding hydrogens is 224 g/mol. The number of rotatable bonds is 5. The number of hydrogen-bond acceptors (Lipinski definition) is 3. The number of halogens is 1. The zero-order valence-corrected chi connectivity index (χ0v) is 10.8. The van der Waals surface area contributed by atoms with Crippen LogP contribution in [0.25, 0.3) is 0 Å². The zero-order valence-electron chi connectivity index (χ0n) is 10.0. The number of hydrogen-bond donors (Lipinski definition) is 1. The Morgan fingerprint density at radius 1 is 1.50 bits per heavy atom. The molecule has 4 heteroatoms. The van der Waals surface area contributed by atoms with Gasteiger partial charge in [-0.25, -0.2) is 0 Å². The molecule has 0 aliphatic heterocycles. The maximum atomic E-state index is 5.94. The number of methoxy groups -OCH3 is 1. The van der Waals surface area contributed by atoms with Crippen LogP contribution in [0.1, 0.15) is 12.5 Å². The van der Waals surface area contributed by atoms with Gasteiger partial charge in [0.1, 0.15) is 0 Å². The average Bonchev–Trinajstić information content (AvgIpc) is 2.23. The van der Waals surface area contributed by atoms with Gasteiger partial charge in [0.2, 0.25) is 0 Å². The molecule has 2 N–H and O–H groups in total. The monoisotopic (exact) mass is 242 g/mol. The number of benzene rings is 1. The second kappa shape index (κ2) is 6.09. The van der Waals surface area contributed by atoms with Gasteiger partial charge in [0.25, 0.3) is 0 Å². The predicted octanol–water partition coefficient (Wildman–Crippen LogP) is 2.39. The van der Waals surface area contributed by atoms with Crippen molar-refractivity contribution < 1.29 is 4.74 Å². The Bertz CT molecular complexity index is 344. The third-order valence-electron chi connectivity index (χ3n) is 2.69. The Morgan fingerprint density at radius 3 is 2.81 bits per heavy atom. The number of ether oxygens (including phenoxy) is 1. The van der Waals surface area contributed by atoms with Crippen LogP contribution in [0.4, 0.5) is 5.69 Å². The predicted molar refractivity (Wildman–Crippen MR) is 68.7 cm³/mol. The molecule has 1 aromatic carbocycles. The molecule has 0 radical (unpaired) electrons. The number of nitrogens with zero attached hydrogens (tertiary/aromatic N) is 1. The van der Waals surface area contributed by atoms with Crippen LogP contribution in [0.2, 0.25) is 5.02 Å². The highest BCUT2D eigenvalue weighted by Gasteiger charge is 2.10. The first kappa shape index (κ1) is 13.3. The van der Waals surface area contributed by atoms with Crippen molar-refractivity contribution in [3.63, 3.8) is 0 Å². The lowest BCUT2D eigenvalue weighted by Gasteiger charge is -2.24. The van der Waals surface area contributed by atoms with E-state index in [1.807, 2.05) is 19.2 Å². The molecule has 0 heterocycles. The highest BCUT2D eigenvalue weighted by Crippen LogP contribution is 2.19. The molecule has 3 nitrogen and oxygen atoms in total. The van der Waals surface area contributed by atoms with Crippen molar-refractivity contribution >= 4 is 17.3 Å². The molecule has 0 fully saturated rings. The fourth-order valence-corrected chi connectivity index (χ4v) is 1.70. The van der Waals surface area contributed by atoms with Crippen LogP contribution in [0.5, 0.6) is 0 Å². The van der Waals surface area contributed by atoms with E-state index in [0.717, 1.165) is 22.8 Å². The second-order valence-electron chi connectivity index (χ2n) is 4.06. The van der Waals surface area contributed by atoms with Crippen LogP contribution in [0.3, 0.4) is 0 Å². The molecule has 0 aliphatic carbocycles. The maximum Gasteiger partial charge on any atom is 0.0615 e. The molecule has 0 aliphatic rings. The Hall–Kier alpha value is -0.770. The lowest BCUT2D eigenvalue weighted by molar-refractivity contribution is 0.112. The van der Waals surface area contributed by atoms with Crippen molar-refractivity contribution in [2.75, 3.05) is 26.5 Å². The van der Waals surface area contributed by atoms with Gasteiger partial charge >= 0.3 is 0 Å². The average molecular weight is 243 g/mol. The van der Waals surface area contributed by atoms with Gasteiger partial charge in [-0.05, 0) is 37.7 Å². The van der Waals surface area contributed by atoms with Gasteiger partial charge in [-0.15, -0.1) is 0 Å². The molecule has 90 valence electrons. The summed E-state index contributed by atoms with van der Waals surface area (Å²) >= 11 is 5.94. The second-order valence-corrected chi connectivity index (χ2v) is 4.50. The third-order valence-corrected chi connectivity index (χ3v) is 2.92. The van der Waals surface area contributed by atoms with Gasteiger partial charge in [-0.3, -0.25) is 4.90 Å². The maximum absolute atomic E-state index is 5.94. The first-order valence-corrected chi connectivity index (χ1v) is 5.65. The van der Waals surface area contributed by atoms with Crippen LogP contribution in [0.15, 0.2) is 18.2 Å². The van der Waals surface area contributed by atoms with Crippen molar-refractivity contribution in [2.45, 2.75) is 19.5 Å². The number of anilines is 1. The lowest BCUT2D eigenvalue weighted by atomic mass is 10.1. The van der Waals surface area contributed by atoms with Crippen LogP contribution in [-0.2, 0) is 11.3 Å². The molecule has 0 amide bonds. The van der Waals surface area contributed by atoms with Crippen molar-refractivity contribution in [1.82, 2.24) is 4.90 Å². The summed E-state index contributed by atoms with van der Waals surface area (Å²) < 4.78 is 5.12. The van der Waals surface area contributed by atoms with E-state index in [0.29, 0.717) is 12.6 Å². The SMILES string of the molecule is COCC(C)N(C)Cc1cc(Cl)ccc1N. The fraction of sp³-hybridized carbons (Fsp3) is 0.500. The van der Waals surface area contributed by atoms with E-state index in [2.05, 4.69) is 11.8 Å². The van der Waals surface area contributed by atoms with Crippen LogP contribution >= 0.6 is 11.6 Å². The summed E-state index contributed by atoms with van der Waals surface area (Å²) in [5.74, 6) is 0. The summed E-state index contributed by atoms with van der Waals surface area (Å²) in [5.41, 5.74) is 7.73. The molecule has 1 rings (SSSR count). The van der Waals surface area contributed by atoms with E-state index in [1.165, 1.54) is 0 Å². The van der Waals surface area contributed by atoms with Crippen molar-refractivity contribution in [2.24, 2.45) is 0 Å². The summed E-state index contributed by atoms with van der Waals surface area (Å²) in [6.45, 7) is 3.60. The molecule has 0 aromatic heterocycles. The number of nitrogen functional groups attached to an aromatic ring is 1. The van der Waals surface area contributed by atoms with Gasteiger partial charge < -0.3 is 10.5 Å². The number of likely N-dealkylation sites (N-methyl/N-ethyl adjacent to an activating group) is 1. The van der Waals surface area contributed by atoms with Crippen LogP contribution < -0.4 is 5.73 Å². The van der Waals surface area contributed by atoms with Gasteiger partial charge in [0, 0.05) is 30.4 Å². The first-order chi connectivity index (χ1) is 7.54.